The molecule has 21 heavy (non-hydrogen) atoms. The van der Waals surface area contributed by atoms with E-state index in [4.69, 9.17) is 21.6 Å². The monoisotopic (exact) mass is 302 g/mol. The second kappa shape index (κ2) is 7.46. The van der Waals surface area contributed by atoms with Crippen LogP contribution in [0.1, 0.15) is 18.9 Å². The molecule has 0 amide bonds. The van der Waals surface area contributed by atoms with Crippen molar-refractivity contribution in [2.45, 2.75) is 26.0 Å². The van der Waals surface area contributed by atoms with Gasteiger partial charge in [-0.25, -0.2) is 4.98 Å². The predicted molar refractivity (Wildman–Crippen MR) is 81.1 cm³/mol. The lowest BCUT2D eigenvalue weighted by Crippen LogP contribution is -2.12. The lowest BCUT2D eigenvalue weighted by Gasteiger charge is -2.12. The van der Waals surface area contributed by atoms with Crippen LogP contribution in [0.25, 0.3) is 0 Å². The van der Waals surface area contributed by atoms with E-state index in [2.05, 4.69) is 21.4 Å². The summed E-state index contributed by atoms with van der Waals surface area (Å²) in [5.41, 5.74) is 1.02. The third-order valence-corrected chi connectivity index (χ3v) is 2.95. The average Bonchev–Trinajstić information content (AvgIpc) is 2.51. The van der Waals surface area contributed by atoms with Crippen molar-refractivity contribution in [3.63, 3.8) is 0 Å². The number of benzene rings is 1. The van der Waals surface area contributed by atoms with Crippen molar-refractivity contribution < 1.29 is 4.74 Å². The zero-order chi connectivity index (χ0) is 15.1. The third-order valence-electron chi connectivity index (χ3n) is 2.77. The molecule has 1 unspecified atom stereocenters. The standard InChI is InChI=1S/C15H15ClN4O/c1-2-12(7-17)21-13-5-3-4-11(6-13)8-19-15-10-18-9-14(16)20-15/h3-6,9-10,12H,2,8H2,1H3,(H,19,20). The van der Waals surface area contributed by atoms with Crippen LogP contribution in [0, 0.1) is 11.3 Å². The van der Waals surface area contributed by atoms with E-state index in [1.165, 1.54) is 6.20 Å². The molecule has 2 aromatic rings. The number of hydrogen-bond acceptors (Lipinski definition) is 5. The number of nitriles is 1. The number of rotatable bonds is 6. The summed E-state index contributed by atoms with van der Waals surface area (Å²) in [6.07, 6.45) is 3.31. The van der Waals surface area contributed by atoms with E-state index in [9.17, 15) is 0 Å². The molecular weight excluding hydrogens is 288 g/mol. The van der Waals surface area contributed by atoms with Gasteiger partial charge in [-0.05, 0) is 24.1 Å². The first-order chi connectivity index (χ1) is 10.2. The Morgan fingerprint density at radius 2 is 2.29 bits per heavy atom. The molecule has 1 heterocycles. The summed E-state index contributed by atoms with van der Waals surface area (Å²) in [5, 5.41) is 12.4. The van der Waals surface area contributed by atoms with E-state index in [1.54, 1.807) is 6.20 Å². The number of halogens is 1. The van der Waals surface area contributed by atoms with E-state index < -0.39 is 6.10 Å². The normalized spacial score (nSPS) is 11.5. The highest BCUT2D eigenvalue weighted by Gasteiger charge is 2.06. The summed E-state index contributed by atoms with van der Waals surface area (Å²) in [6.45, 7) is 2.48. The number of ether oxygens (including phenoxy) is 1. The molecule has 0 aliphatic rings. The molecule has 5 nitrogen and oxygen atoms in total. The van der Waals surface area contributed by atoms with Crippen LogP contribution in [-0.2, 0) is 6.54 Å². The molecule has 0 aliphatic heterocycles. The fraction of sp³-hybridized carbons (Fsp3) is 0.267. The molecule has 0 saturated carbocycles. The molecule has 0 bridgehead atoms. The molecule has 1 aromatic carbocycles. The van der Waals surface area contributed by atoms with Crippen molar-refractivity contribution in [2.75, 3.05) is 5.32 Å². The van der Waals surface area contributed by atoms with Crippen molar-refractivity contribution in [1.82, 2.24) is 9.97 Å². The van der Waals surface area contributed by atoms with Gasteiger partial charge < -0.3 is 10.1 Å². The molecule has 1 atom stereocenters. The van der Waals surface area contributed by atoms with Crippen LogP contribution in [0.3, 0.4) is 0 Å². The van der Waals surface area contributed by atoms with Gasteiger partial charge >= 0.3 is 0 Å². The Balaban J connectivity index is 1.99. The van der Waals surface area contributed by atoms with Gasteiger partial charge in [0.2, 0.25) is 0 Å². The molecule has 108 valence electrons. The number of aromatic nitrogens is 2. The maximum atomic E-state index is 8.92. The Morgan fingerprint density at radius 1 is 1.43 bits per heavy atom. The van der Waals surface area contributed by atoms with Crippen molar-refractivity contribution >= 4 is 17.4 Å². The lowest BCUT2D eigenvalue weighted by atomic mass is 10.2. The first-order valence-electron chi connectivity index (χ1n) is 6.58. The zero-order valence-corrected chi connectivity index (χ0v) is 12.3. The van der Waals surface area contributed by atoms with Crippen molar-refractivity contribution in [3.8, 4) is 11.8 Å². The minimum atomic E-state index is -0.424. The van der Waals surface area contributed by atoms with Crippen LogP contribution in [0.2, 0.25) is 5.15 Å². The topological polar surface area (TPSA) is 70.8 Å². The summed E-state index contributed by atoms with van der Waals surface area (Å²) >= 11 is 5.78. The fourth-order valence-electron chi connectivity index (χ4n) is 1.71. The minimum Gasteiger partial charge on any atom is -0.476 e. The van der Waals surface area contributed by atoms with E-state index in [0.29, 0.717) is 29.7 Å². The quantitative estimate of drug-likeness (QED) is 0.885. The second-order valence-electron chi connectivity index (χ2n) is 4.37. The van der Waals surface area contributed by atoms with Gasteiger partial charge in [-0.15, -0.1) is 0 Å². The summed E-state index contributed by atoms with van der Waals surface area (Å²) in [4.78, 5) is 8.06. The maximum Gasteiger partial charge on any atom is 0.184 e. The molecule has 2 rings (SSSR count). The maximum absolute atomic E-state index is 8.92. The summed E-state index contributed by atoms with van der Waals surface area (Å²) in [5.74, 6) is 1.29. The van der Waals surface area contributed by atoms with Crippen molar-refractivity contribution in [2.24, 2.45) is 0 Å². The number of nitrogens with zero attached hydrogens (tertiary/aromatic N) is 3. The molecular formula is C15H15ClN4O. The van der Waals surface area contributed by atoms with E-state index in [0.717, 1.165) is 5.56 Å². The van der Waals surface area contributed by atoms with Gasteiger partial charge in [-0.2, -0.15) is 5.26 Å². The van der Waals surface area contributed by atoms with E-state index >= 15 is 0 Å². The van der Waals surface area contributed by atoms with Gasteiger partial charge in [0.1, 0.15) is 22.8 Å². The smallest absolute Gasteiger partial charge is 0.184 e. The summed E-state index contributed by atoms with van der Waals surface area (Å²) in [6, 6.07) is 9.70. The van der Waals surface area contributed by atoms with Gasteiger partial charge in [-0.1, -0.05) is 30.7 Å². The van der Waals surface area contributed by atoms with Crippen LogP contribution >= 0.6 is 11.6 Å². The van der Waals surface area contributed by atoms with Gasteiger partial charge in [0.15, 0.2) is 6.10 Å². The lowest BCUT2D eigenvalue weighted by molar-refractivity contribution is 0.251. The predicted octanol–water partition coefficient (Wildman–Crippen LogP) is 3.42. The van der Waals surface area contributed by atoms with E-state index in [-0.39, 0.29) is 0 Å². The minimum absolute atomic E-state index is 0.344. The Morgan fingerprint density at radius 3 is 3.00 bits per heavy atom. The Kier molecular flexibility index (Phi) is 5.35. The first kappa shape index (κ1) is 15.1. The van der Waals surface area contributed by atoms with Crippen LogP contribution in [0.4, 0.5) is 5.82 Å². The number of nitrogens with one attached hydrogen (secondary N) is 1. The van der Waals surface area contributed by atoms with Crippen LogP contribution in [-0.4, -0.2) is 16.1 Å². The van der Waals surface area contributed by atoms with Gasteiger partial charge in [-0.3, -0.25) is 4.98 Å². The molecule has 6 heteroatoms. The highest BCUT2D eigenvalue weighted by Crippen LogP contribution is 2.17. The Labute approximate surface area is 128 Å². The highest BCUT2D eigenvalue weighted by molar-refractivity contribution is 6.29. The molecule has 1 N–H and O–H groups in total. The van der Waals surface area contributed by atoms with Crippen molar-refractivity contribution in [3.05, 3.63) is 47.4 Å². The third kappa shape index (κ3) is 4.62. The van der Waals surface area contributed by atoms with E-state index in [1.807, 2.05) is 31.2 Å². The molecule has 0 radical (unpaired) electrons. The van der Waals surface area contributed by atoms with Crippen molar-refractivity contribution in [1.29, 1.82) is 5.26 Å². The number of anilines is 1. The molecule has 0 aliphatic carbocycles. The zero-order valence-electron chi connectivity index (χ0n) is 11.6. The van der Waals surface area contributed by atoms with Gasteiger partial charge in [0.25, 0.3) is 0 Å². The Bertz CT molecular complexity index is 642. The molecule has 0 fully saturated rings. The highest BCUT2D eigenvalue weighted by atomic mass is 35.5. The molecule has 0 saturated heterocycles. The summed E-state index contributed by atoms with van der Waals surface area (Å²) in [7, 11) is 0. The Hall–Kier alpha value is -2.32. The van der Waals surface area contributed by atoms with Gasteiger partial charge in [0, 0.05) is 6.54 Å². The average molecular weight is 303 g/mol. The second-order valence-corrected chi connectivity index (χ2v) is 4.76. The number of hydrogen-bond donors (Lipinski definition) is 1. The molecule has 1 aromatic heterocycles. The SMILES string of the molecule is CCC(C#N)Oc1cccc(CNc2cncc(Cl)n2)c1. The van der Waals surface area contributed by atoms with Crippen LogP contribution in [0.15, 0.2) is 36.7 Å². The summed E-state index contributed by atoms with van der Waals surface area (Å²) < 4.78 is 5.59. The van der Waals surface area contributed by atoms with Crippen LogP contribution in [0.5, 0.6) is 5.75 Å². The first-order valence-corrected chi connectivity index (χ1v) is 6.95. The fourth-order valence-corrected chi connectivity index (χ4v) is 1.86. The van der Waals surface area contributed by atoms with Gasteiger partial charge in [0.05, 0.1) is 12.4 Å². The largest absolute Gasteiger partial charge is 0.476 e. The molecule has 0 spiro atoms. The van der Waals surface area contributed by atoms with Crippen LogP contribution < -0.4 is 10.1 Å².